The molecule has 2 aliphatic heterocycles. The number of nitrogens with one attached hydrogen (secondary N) is 1. The molecule has 3 rings (SSSR count). The highest BCUT2D eigenvalue weighted by Gasteiger charge is 2.32. The van der Waals surface area contributed by atoms with Crippen molar-refractivity contribution in [2.75, 3.05) is 19.0 Å². The summed E-state index contributed by atoms with van der Waals surface area (Å²) in [5.74, 6) is 0.0871. The average Bonchev–Trinajstić information content (AvgIpc) is 3.19. The highest BCUT2D eigenvalue weighted by molar-refractivity contribution is 8.77. The number of Topliss-reactive ketones (excluding diaryl/α,β-unsaturated/α-hetero) is 1. The van der Waals surface area contributed by atoms with Crippen LogP contribution in [-0.4, -0.2) is 64.0 Å². The van der Waals surface area contributed by atoms with E-state index in [-0.39, 0.29) is 48.7 Å². The molecule has 0 unspecified atom stereocenters. The number of nitrogens with zero attached hydrogens (tertiary/aromatic N) is 2. The van der Waals surface area contributed by atoms with E-state index in [1.54, 1.807) is 46.7 Å². The Morgan fingerprint density at radius 3 is 2.59 bits per heavy atom. The molecular weight excluding hydrogens is 546 g/mol. The molecule has 2 heterocycles. The first kappa shape index (κ1) is 30.5. The standard InChI is InChI=1S/C26H33N3O8S2/c1-17(30)11-14-38-39-26(2,3)16-22(31)28-27-20-10-13-36-21-15-18(6-7-19(20)21)35-12-4-5-25(34)37-29-23(32)8-9-24(29)33/h6-7,15H,4-5,8-14,16H2,1-3H3,(H,28,31)/b27-20+. The van der Waals surface area contributed by atoms with Gasteiger partial charge < -0.3 is 14.3 Å². The van der Waals surface area contributed by atoms with E-state index in [1.165, 1.54) is 0 Å². The first-order valence-electron chi connectivity index (χ1n) is 12.7. The van der Waals surface area contributed by atoms with Gasteiger partial charge in [0, 0.05) is 54.2 Å². The van der Waals surface area contributed by atoms with Crippen LogP contribution < -0.4 is 14.9 Å². The van der Waals surface area contributed by atoms with Crippen molar-refractivity contribution in [2.24, 2.45) is 5.10 Å². The minimum Gasteiger partial charge on any atom is -0.493 e. The van der Waals surface area contributed by atoms with Gasteiger partial charge in [0.05, 0.1) is 25.3 Å². The monoisotopic (exact) mass is 579 g/mol. The van der Waals surface area contributed by atoms with Crippen LogP contribution in [-0.2, 0) is 28.8 Å². The van der Waals surface area contributed by atoms with Crippen molar-refractivity contribution in [3.05, 3.63) is 23.8 Å². The van der Waals surface area contributed by atoms with Crippen molar-refractivity contribution in [2.45, 2.75) is 70.5 Å². The molecule has 1 fully saturated rings. The van der Waals surface area contributed by atoms with Crippen LogP contribution in [0.3, 0.4) is 0 Å². The number of imide groups is 1. The second-order valence-electron chi connectivity index (χ2n) is 9.64. The third kappa shape index (κ3) is 9.88. The van der Waals surface area contributed by atoms with E-state index in [1.807, 2.05) is 13.8 Å². The number of carbonyl (C=O) groups excluding carboxylic acids is 5. The predicted octanol–water partition coefficient (Wildman–Crippen LogP) is 3.58. The summed E-state index contributed by atoms with van der Waals surface area (Å²) in [4.78, 5) is 63.4. The van der Waals surface area contributed by atoms with Crippen LogP contribution in [0.2, 0.25) is 0 Å². The summed E-state index contributed by atoms with van der Waals surface area (Å²) in [6, 6.07) is 5.28. The second-order valence-corrected chi connectivity index (χ2v) is 12.8. The Labute approximate surface area is 235 Å². The van der Waals surface area contributed by atoms with E-state index in [0.717, 1.165) is 5.56 Å². The summed E-state index contributed by atoms with van der Waals surface area (Å²) in [6.07, 6.45) is 1.75. The number of hydrogen-bond acceptors (Lipinski definition) is 11. The predicted molar refractivity (Wildman–Crippen MR) is 147 cm³/mol. The molecule has 1 N–H and O–H groups in total. The quantitative estimate of drug-likeness (QED) is 0.150. The maximum absolute atomic E-state index is 12.5. The van der Waals surface area contributed by atoms with Gasteiger partial charge in [0.25, 0.3) is 11.8 Å². The zero-order valence-corrected chi connectivity index (χ0v) is 23.9. The molecule has 1 aromatic rings. The van der Waals surface area contributed by atoms with Gasteiger partial charge in [-0.25, -0.2) is 10.2 Å². The molecule has 0 radical (unpaired) electrons. The molecule has 0 bridgehead atoms. The lowest BCUT2D eigenvalue weighted by atomic mass is 10.0. The normalized spacial score (nSPS) is 16.1. The molecule has 11 nitrogen and oxygen atoms in total. The lowest BCUT2D eigenvalue weighted by Gasteiger charge is -2.22. The number of hydrogen-bond donors (Lipinski definition) is 1. The van der Waals surface area contributed by atoms with E-state index in [0.29, 0.717) is 53.9 Å². The number of amides is 3. The molecule has 2 aliphatic rings. The van der Waals surface area contributed by atoms with Crippen molar-refractivity contribution >= 4 is 56.8 Å². The molecule has 212 valence electrons. The van der Waals surface area contributed by atoms with Crippen LogP contribution in [0.1, 0.15) is 71.3 Å². The molecule has 13 heteroatoms. The Morgan fingerprint density at radius 1 is 1.13 bits per heavy atom. The number of hydroxylamine groups is 2. The van der Waals surface area contributed by atoms with Crippen LogP contribution in [0.4, 0.5) is 0 Å². The molecule has 3 amide bonds. The third-order valence-corrected chi connectivity index (χ3v) is 8.87. The fourth-order valence-corrected chi connectivity index (χ4v) is 6.24. The number of rotatable bonds is 14. The Hall–Kier alpha value is -3.06. The molecule has 0 atom stereocenters. The lowest BCUT2D eigenvalue weighted by Crippen LogP contribution is -2.32. The van der Waals surface area contributed by atoms with Gasteiger partial charge in [0.1, 0.15) is 17.3 Å². The lowest BCUT2D eigenvalue weighted by molar-refractivity contribution is -0.197. The number of benzene rings is 1. The number of hydrazone groups is 1. The second kappa shape index (κ2) is 14.4. The molecule has 1 saturated heterocycles. The first-order chi connectivity index (χ1) is 18.5. The van der Waals surface area contributed by atoms with Gasteiger partial charge in [-0.1, -0.05) is 21.6 Å². The SMILES string of the molecule is CC(=O)CCSSC(C)(C)CC(=O)N/N=C1\CCOc2cc(OCCCC(=O)ON3C(=O)CCC3=O)ccc21. The van der Waals surface area contributed by atoms with Gasteiger partial charge in [0.15, 0.2) is 0 Å². The minimum absolute atomic E-state index is 0.0125. The fraction of sp³-hybridized carbons (Fsp3) is 0.538. The minimum atomic E-state index is -0.674. The van der Waals surface area contributed by atoms with Crippen molar-refractivity contribution in [3.8, 4) is 11.5 Å². The van der Waals surface area contributed by atoms with Gasteiger partial charge in [-0.15, -0.1) is 5.06 Å². The summed E-state index contributed by atoms with van der Waals surface area (Å²) in [5.41, 5.74) is 4.11. The first-order valence-corrected chi connectivity index (χ1v) is 15.0. The van der Waals surface area contributed by atoms with E-state index in [4.69, 9.17) is 14.3 Å². The highest BCUT2D eigenvalue weighted by Crippen LogP contribution is 2.38. The zero-order chi connectivity index (χ0) is 28.4. The number of ketones is 1. The topological polar surface area (TPSA) is 141 Å². The molecule has 0 aliphatic carbocycles. The van der Waals surface area contributed by atoms with Crippen LogP contribution >= 0.6 is 21.6 Å². The maximum Gasteiger partial charge on any atom is 0.333 e. The Kier molecular flexibility index (Phi) is 11.2. The Morgan fingerprint density at radius 2 is 1.87 bits per heavy atom. The Bertz CT molecular complexity index is 1120. The zero-order valence-electron chi connectivity index (χ0n) is 22.3. The largest absolute Gasteiger partial charge is 0.493 e. The van der Waals surface area contributed by atoms with E-state index < -0.39 is 17.8 Å². The molecule has 1 aromatic carbocycles. The molecule has 0 aromatic heterocycles. The molecule has 39 heavy (non-hydrogen) atoms. The number of ether oxygens (including phenoxy) is 2. The fourth-order valence-electron chi connectivity index (χ4n) is 3.64. The van der Waals surface area contributed by atoms with Crippen molar-refractivity contribution in [1.82, 2.24) is 10.5 Å². The van der Waals surface area contributed by atoms with E-state index in [9.17, 15) is 24.0 Å². The van der Waals surface area contributed by atoms with E-state index in [2.05, 4.69) is 10.5 Å². The summed E-state index contributed by atoms with van der Waals surface area (Å²) >= 11 is 0. The summed E-state index contributed by atoms with van der Waals surface area (Å²) in [7, 11) is 3.17. The van der Waals surface area contributed by atoms with Crippen molar-refractivity contribution in [3.63, 3.8) is 0 Å². The van der Waals surface area contributed by atoms with Crippen molar-refractivity contribution in [1.29, 1.82) is 0 Å². The van der Waals surface area contributed by atoms with Gasteiger partial charge in [-0.3, -0.25) is 19.2 Å². The average molecular weight is 580 g/mol. The maximum atomic E-state index is 12.5. The summed E-state index contributed by atoms with van der Waals surface area (Å²) in [6.45, 7) is 6.15. The van der Waals surface area contributed by atoms with Gasteiger partial charge in [0.2, 0.25) is 5.91 Å². The smallest absolute Gasteiger partial charge is 0.333 e. The molecule has 0 saturated carbocycles. The summed E-state index contributed by atoms with van der Waals surface area (Å²) in [5, 5.41) is 4.87. The van der Waals surface area contributed by atoms with Crippen LogP contribution in [0, 0.1) is 0 Å². The third-order valence-electron chi connectivity index (χ3n) is 5.58. The number of fused-ring (bicyclic) bond motifs is 1. The van der Waals surface area contributed by atoms with E-state index >= 15 is 0 Å². The molecule has 0 spiro atoms. The number of carbonyl (C=O) groups is 5. The molecular formula is C26H33N3O8S2. The van der Waals surface area contributed by atoms with Gasteiger partial charge in [-0.2, -0.15) is 5.10 Å². The summed E-state index contributed by atoms with van der Waals surface area (Å²) < 4.78 is 11.1. The van der Waals surface area contributed by atoms with Gasteiger partial charge in [-0.05, 0) is 39.3 Å². The van der Waals surface area contributed by atoms with Crippen LogP contribution in [0.15, 0.2) is 23.3 Å². The van der Waals surface area contributed by atoms with Crippen LogP contribution in [0.5, 0.6) is 11.5 Å². The van der Waals surface area contributed by atoms with Gasteiger partial charge >= 0.3 is 5.97 Å². The van der Waals surface area contributed by atoms with Crippen molar-refractivity contribution < 1.29 is 38.3 Å². The Balaban J connectivity index is 1.44. The highest BCUT2D eigenvalue weighted by atomic mass is 33.1. The van der Waals surface area contributed by atoms with Crippen LogP contribution in [0.25, 0.3) is 0 Å².